The lowest BCUT2D eigenvalue weighted by molar-refractivity contribution is -0.683. The SMILES string of the molecule is CCn1c(=O)/c(=C\C=C2/SC(C)=C(C)N2CCCS(=O)(=O)[O-])s/c1=C\c1scc(-c2ccccc2)[n+]1CCCS(=O)(=O)[O-]. The molecule has 232 valence electrons. The van der Waals surface area contributed by atoms with Gasteiger partial charge in [0.2, 0.25) is 5.69 Å². The van der Waals surface area contributed by atoms with Crippen molar-refractivity contribution in [3.05, 3.63) is 82.0 Å². The summed E-state index contributed by atoms with van der Waals surface area (Å²) in [5.74, 6) is -0.907. The summed E-state index contributed by atoms with van der Waals surface area (Å²) in [6, 6.07) is 9.67. The van der Waals surface area contributed by atoms with Crippen LogP contribution in [0.1, 0.15) is 38.6 Å². The van der Waals surface area contributed by atoms with Gasteiger partial charge in [0, 0.05) is 47.2 Å². The van der Waals surface area contributed by atoms with E-state index in [9.17, 15) is 30.7 Å². The van der Waals surface area contributed by atoms with Crippen LogP contribution >= 0.6 is 34.4 Å². The summed E-state index contributed by atoms with van der Waals surface area (Å²) < 4.78 is 71.9. The fourth-order valence-electron chi connectivity index (χ4n) is 4.59. The Morgan fingerprint density at radius 3 is 2.30 bits per heavy atom. The average molecular weight is 683 g/mol. The van der Waals surface area contributed by atoms with E-state index < -0.39 is 31.7 Å². The quantitative estimate of drug-likeness (QED) is 0.208. The number of thiazole rings is 2. The van der Waals surface area contributed by atoms with E-state index in [0.717, 1.165) is 36.6 Å². The molecule has 4 rings (SSSR count). The lowest BCUT2D eigenvalue weighted by Crippen LogP contribution is -2.38. The Hall–Kier alpha value is -2.53. The van der Waals surface area contributed by atoms with E-state index in [1.165, 1.54) is 34.4 Å². The van der Waals surface area contributed by atoms with Gasteiger partial charge in [0.15, 0.2) is 6.54 Å². The molecule has 1 aromatic carbocycles. The van der Waals surface area contributed by atoms with Crippen LogP contribution in [-0.4, -0.2) is 53.5 Å². The molecule has 0 spiro atoms. The Morgan fingerprint density at radius 1 is 0.977 bits per heavy atom. The van der Waals surface area contributed by atoms with Crippen molar-refractivity contribution in [2.24, 2.45) is 0 Å². The second kappa shape index (κ2) is 14.1. The molecule has 2 aromatic heterocycles. The molecular formula is C28H32N3O7S5-. The zero-order valence-corrected chi connectivity index (χ0v) is 28.0. The molecule has 43 heavy (non-hydrogen) atoms. The largest absolute Gasteiger partial charge is 0.748 e. The van der Waals surface area contributed by atoms with Crippen LogP contribution in [0.3, 0.4) is 0 Å². The van der Waals surface area contributed by atoms with Gasteiger partial charge < -0.3 is 14.0 Å². The lowest BCUT2D eigenvalue weighted by Gasteiger charge is -2.21. The molecule has 0 atom stereocenters. The van der Waals surface area contributed by atoms with Gasteiger partial charge in [-0.05, 0) is 51.5 Å². The highest BCUT2D eigenvalue weighted by molar-refractivity contribution is 8.06. The fourth-order valence-corrected chi connectivity index (χ4v) is 8.72. The van der Waals surface area contributed by atoms with E-state index in [-0.39, 0.29) is 18.4 Å². The van der Waals surface area contributed by atoms with E-state index in [1.54, 1.807) is 10.6 Å². The van der Waals surface area contributed by atoms with E-state index in [4.69, 9.17) is 0 Å². The Bertz CT molecular complexity index is 1940. The van der Waals surface area contributed by atoms with Crippen LogP contribution in [0.15, 0.2) is 62.2 Å². The highest BCUT2D eigenvalue weighted by Crippen LogP contribution is 2.40. The topological polar surface area (TPSA) is 144 Å². The molecule has 0 radical (unpaired) electrons. The monoisotopic (exact) mass is 682 g/mol. The molecule has 0 bridgehead atoms. The van der Waals surface area contributed by atoms with Crippen LogP contribution in [0.2, 0.25) is 0 Å². The molecule has 1 aliphatic heterocycles. The van der Waals surface area contributed by atoms with Crippen molar-refractivity contribution < 1.29 is 30.5 Å². The van der Waals surface area contributed by atoms with Crippen LogP contribution in [0.4, 0.5) is 0 Å². The number of aromatic nitrogens is 2. The average Bonchev–Trinajstić information content (AvgIpc) is 3.55. The van der Waals surface area contributed by atoms with Crippen molar-refractivity contribution in [3.8, 4) is 11.3 Å². The van der Waals surface area contributed by atoms with E-state index in [0.29, 0.717) is 24.2 Å². The molecule has 0 unspecified atom stereocenters. The summed E-state index contributed by atoms with van der Waals surface area (Å²) >= 11 is 4.33. The molecule has 0 amide bonds. The van der Waals surface area contributed by atoms with E-state index in [1.807, 2.05) is 78.1 Å². The van der Waals surface area contributed by atoms with E-state index >= 15 is 0 Å². The standard InChI is InChI=1S/C28H33N3O7S5/c1-4-29-27(18-26-31(15-9-17-43(36,37)38)23(19-39-26)22-10-6-5-7-11-22)41-24(28(29)32)12-13-25-30(20(2)21(3)40-25)14-8-16-42(33,34)35/h5-7,10-13,18-19H,4,8-9,14-17H2,1-3H3,(H-,33,34,35,36,37,38)/p-1/b24-12+,25-13-. The van der Waals surface area contributed by atoms with Gasteiger partial charge in [-0.3, -0.25) is 9.36 Å². The first kappa shape index (κ1) is 33.4. The third-order valence-electron chi connectivity index (χ3n) is 6.78. The molecule has 0 fully saturated rings. The van der Waals surface area contributed by atoms with Gasteiger partial charge in [0.25, 0.3) is 10.6 Å². The summed E-state index contributed by atoms with van der Waals surface area (Å²) in [6.45, 7) is 6.92. The number of benzene rings is 1. The van der Waals surface area contributed by atoms with Gasteiger partial charge >= 0.3 is 0 Å². The van der Waals surface area contributed by atoms with Crippen LogP contribution in [-0.2, 0) is 33.3 Å². The Kier molecular flexibility index (Phi) is 10.9. The Balaban J connectivity index is 1.72. The van der Waals surface area contributed by atoms with Crippen molar-refractivity contribution in [2.45, 2.75) is 46.7 Å². The predicted molar refractivity (Wildman–Crippen MR) is 171 cm³/mol. The minimum atomic E-state index is -4.35. The number of hydrogen-bond donors (Lipinski definition) is 0. The molecule has 0 N–H and O–H groups in total. The molecule has 3 aromatic rings. The van der Waals surface area contributed by atoms with Crippen molar-refractivity contribution >= 4 is 66.8 Å². The number of rotatable bonds is 12. The van der Waals surface area contributed by atoms with Gasteiger partial charge in [0.1, 0.15) is 4.66 Å². The first-order chi connectivity index (χ1) is 20.3. The Morgan fingerprint density at radius 2 is 1.65 bits per heavy atom. The van der Waals surface area contributed by atoms with Crippen LogP contribution in [0.25, 0.3) is 23.4 Å². The normalized spacial score (nSPS) is 16.3. The van der Waals surface area contributed by atoms with Gasteiger partial charge in [-0.1, -0.05) is 41.3 Å². The first-order valence-electron chi connectivity index (χ1n) is 13.5. The van der Waals surface area contributed by atoms with Gasteiger partial charge in [-0.25, -0.2) is 16.8 Å². The maximum Gasteiger partial charge on any atom is 0.269 e. The predicted octanol–water partition coefficient (Wildman–Crippen LogP) is 2.57. The molecule has 10 nitrogen and oxygen atoms in total. The Labute approximate surface area is 263 Å². The second-order valence-electron chi connectivity index (χ2n) is 9.77. The third-order valence-corrected chi connectivity index (χ3v) is 11.5. The number of allylic oxidation sites excluding steroid dienone is 3. The minimum absolute atomic E-state index is 0.146. The van der Waals surface area contributed by atoms with Gasteiger partial charge in [-0.15, -0.1) is 11.3 Å². The zero-order chi connectivity index (χ0) is 31.4. The smallest absolute Gasteiger partial charge is 0.269 e. The zero-order valence-electron chi connectivity index (χ0n) is 23.9. The van der Waals surface area contributed by atoms with Crippen LogP contribution in [0, 0.1) is 0 Å². The number of nitrogens with zero attached hydrogens (tertiary/aromatic N) is 3. The van der Waals surface area contributed by atoms with Crippen molar-refractivity contribution in [2.75, 3.05) is 18.1 Å². The highest BCUT2D eigenvalue weighted by atomic mass is 32.2. The third kappa shape index (κ3) is 8.77. The molecule has 3 heterocycles. The van der Waals surface area contributed by atoms with Gasteiger partial charge in [-0.2, -0.15) is 4.57 Å². The van der Waals surface area contributed by atoms with Crippen molar-refractivity contribution in [3.63, 3.8) is 0 Å². The van der Waals surface area contributed by atoms with Crippen LogP contribution in [0.5, 0.6) is 0 Å². The maximum absolute atomic E-state index is 13.4. The second-order valence-corrected chi connectivity index (χ2v) is 16.0. The molecular weight excluding hydrogens is 651 g/mol. The summed E-state index contributed by atoms with van der Waals surface area (Å²) in [5.41, 5.74) is 2.67. The molecule has 0 saturated heterocycles. The summed E-state index contributed by atoms with van der Waals surface area (Å²) in [4.78, 5) is 16.4. The minimum Gasteiger partial charge on any atom is -0.748 e. The number of thioether (sulfide) groups is 1. The molecule has 0 aliphatic carbocycles. The maximum atomic E-state index is 13.4. The summed E-state index contributed by atoms with van der Waals surface area (Å²) in [5, 5.41) is 3.64. The van der Waals surface area contributed by atoms with Crippen molar-refractivity contribution in [1.29, 1.82) is 0 Å². The summed E-state index contributed by atoms with van der Waals surface area (Å²) in [7, 11) is -8.65. The highest BCUT2D eigenvalue weighted by Gasteiger charge is 2.23. The molecule has 1 aliphatic rings. The van der Waals surface area contributed by atoms with Crippen LogP contribution < -0.4 is 19.3 Å². The van der Waals surface area contributed by atoms with E-state index in [2.05, 4.69) is 0 Å². The first-order valence-corrected chi connectivity index (χ1v) is 19.1. The lowest BCUT2D eigenvalue weighted by atomic mass is 10.2. The summed E-state index contributed by atoms with van der Waals surface area (Å²) in [6.07, 6.45) is 5.88. The fraction of sp³-hybridized carbons (Fsp3) is 0.357. The van der Waals surface area contributed by atoms with Gasteiger partial charge in [0.05, 0.1) is 41.3 Å². The number of hydrogen-bond acceptors (Lipinski definition) is 11. The molecule has 15 heteroatoms. The van der Waals surface area contributed by atoms with Crippen molar-refractivity contribution in [1.82, 2.24) is 9.47 Å². The molecule has 0 saturated carbocycles.